The van der Waals surface area contributed by atoms with Crippen molar-refractivity contribution in [2.24, 2.45) is 0 Å². The van der Waals surface area contributed by atoms with E-state index in [1.54, 1.807) is 0 Å². The monoisotopic (exact) mass is 288 g/mol. The summed E-state index contributed by atoms with van der Waals surface area (Å²) < 4.78 is 10.9. The molecular weight excluding hydrogens is 260 g/mol. The Bertz CT molecular complexity index is 269. The van der Waals surface area contributed by atoms with Crippen LogP contribution in [0.25, 0.3) is 0 Å². The molecule has 0 radical (unpaired) electrons. The van der Waals surface area contributed by atoms with Crippen molar-refractivity contribution in [2.45, 2.75) is 63.4 Å². The zero-order chi connectivity index (χ0) is 14.8. The highest BCUT2D eigenvalue weighted by Gasteiger charge is 2.40. The Balaban J connectivity index is 2.14. The number of aliphatic hydroxyl groups is 3. The molecule has 1 fully saturated rings. The quantitative estimate of drug-likeness (QED) is 0.413. The van der Waals surface area contributed by atoms with E-state index in [-0.39, 0.29) is 13.2 Å². The first-order valence-electron chi connectivity index (χ1n) is 7.55. The number of aliphatic hydroxyl groups excluding tert-OH is 3. The van der Waals surface area contributed by atoms with Gasteiger partial charge in [-0.25, -0.2) is 0 Å². The zero-order valence-corrected chi connectivity index (χ0v) is 12.3. The number of hydrogen-bond acceptors (Lipinski definition) is 5. The van der Waals surface area contributed by atoms with Crippen molar-refractivity contribution < 1.29 is 24.8 Å². The van der Waals surface area contributed by atoms with Gasteiger partial charge in [-0.2, -0.15) is 0 Å². The van der Waals surface area contributed by atoms with Crippen LogP contribution in [0.3, 0.4) is 0 Å². The van der Waals surface area contributed by atoms with Gasteiger partial charge in [-0.05, 0) is 25.7 Å². The number of rotatable bonds is 10. The second-order valence-corrected chi connectivity index (χ2v) is 5.18. The minimum absolute atomic E-state index is 0.147. The van der Waals surface area contributed by atoms with Crippen LogP contribution in [0.15, 0.2) is 12.2 Å². The molecule has 4 atom stereocenters. The topological polar surface area (TPSA) is 79.2 Å². The molecule has 118 valence electrons. The van der Waals surface area contributed by atoms with Crippen LogP contribution < -0.4 is 0 Å². The van der Waals surface area contributed by atoms with Gasteiger partial charge in [0, 0.05) is 6.61 Å². The Morgan fingerprint density at radius 3 is 2.80 bits per heavy atom. The van der Waals surface area contributed by atoms with Crippen LogP contribution in [0.1, 0.15) is 39.0 Å². The number of ether oxygens (including phenoxy) is 2. The van der Waals surface area contributed by atoms with Gasteiger partial charge < -0.3 is 24.8 Å². The summed E-state index contributed by atoms with van der Waals surface area (Å²) in [4.78, 5) is 0. The molecule has 3 N–H and O–H groups in total. The molecule has 0 aromatic carbocycles. The molecule has 20 heavy (non-hydrogen) atoms. The lowest BCUT2D eigenvalue weighted by atomic mass is 10.1. The Hall–Kier alpha value is -0.460. The summed E-state index contributed by atoms with van der Waals surface area (Å²) >= 11 is 0. The number of allylic oxidation sites excluding steroid dienone is 2. The maximum absolute atomic E-state index is 9.75. The first-order valence-corrected chi connectivity index (χ1v) is 7.55. The third kappa shape index (κ3) is 5.89. The molecular formula is C15H28O5. The highest BCUT2D eigenvalue weighted by molar-refractivity contribution is 4.89. The van der Waals surface area contributed by atoms with Crippen LogP contribution in [0.4, 0.5) is 0 Å². The van der Waals surface area contributed by atoms with Crippen LogP contribution in [-0.2, 0) is 9.47 Å². The van der Waals surface area contributed by atoms with E-state index >= 15 is 0 Å². The third-order valence-corrected chi connectivity index (χ3v) is 3.46. The van der Waals surface area contributed by atoms with Crippen molar-refractivity contribution >= 4 is 0 Å². The van der Waals surface area contributed by atoms with Gasteiger partial charge in [0.25, 0.3) is 0 Å². The van der Waals surface area contributed by atoms with E-state index < -0.39 is 24.4 Å². The van der Waals surface area contributed by atoms with Crippen molar-refractivity contribution in [1.82, 2.24) is 0 Å². The van der Waals surface area contributed by atoms with Crippen molar-refractivity contribution in [3.05, 3.63) is 12.2 Å². The van der Waals surface area contributed by atoms with E-state index in [4.69, 9.17) is 14.6 Å². The fourth-order valence-corrected chi connectivity index (χ4v) is 2.30. The lowest BCUT2D eigenvalue weighted by Crippen LogP contribution is -2.42. The molecule has 0 spiro atoms. The molecule has 1 saturated heterocycles. The van der Waals surface area contributed by atoms with Gasteiger partial charge in [0.05, 0.1) is 13.2 Å². The molecule has 0 amide bonds. The molecule has 1 heterocycles. The SMILES string of the molecule is CC/C=C/CCCCCO[C@H]1[C@@H]([C@@H](O)CO)OC[C@H]1O. The minimum atomic E-state index is -1.00. The summed E-state index contributed by atoms with van der Waals surface area (Å²) in [5.74, 6) is 0. The molecule has 0 saturated carbocycles. The van der Waals surface area contributed by atoms with Crippen LogP contribution >= 0.6 is 0 Å². The van der Waals surface area contributed by atoms with Gasteiger partial charge in [0.1, 0.15) is 24.4 Å². The van der Waals surface area contributed by atoms with Crippen LogP contribution in [-0.4, -0.2) is 59.6 Å². The van der Waals surface area contributed by atoms with E-state index in [2.05, 4.69) is 19.1 Å². The van der Waals surface area contributed by atoms with Crippen molar-refractivity contribution in [1.29, 1.82) is 0 Å². The normalized spacial score (nSPS) is 28.3. The maximum atomic E-state index is 9.75. The van der Waals surface area contributed by atoms with Gasteiger partial charge in [0.15, 0.2) is 0 Å². The summed E-state index contributed by atoms with van der Waals surface area (Å²) in [6, 6.07) is 0. The summed E-state index contributed by atoms with van der Waals surface area (Å²) in [6.45, 7) is 2.42. The fourth-order valence-electron chi connectivity index (χ4n) is 2.30. The van der Waals surface area contributed by atoms with E-state index in [1.165, 1.54) is 0 Å². The van der Waals surface area contributed by atoms with Crippen LogP contribution in [0, 0.1) is 0 Å². The minimum Gasteiger partial charge on any atom is -0.394 e. The first kappa shape index (κ1) is 17.6. The van der Waals surface area contributed by atoms with Crippen LogP contribution in [0.5, 0.6) is 0 Å². The molecule has 0 unspecified atom stereocenters. The molecule has 0 aromatic rings. The van der Waals surface area contributed by atoms with Gasteiger partial charge in [-0.3, -0.25) is 0 Å². The molecule has 1 aliphatic heterocycles. The van der Waals surface area contributed by atoms with Crippen LogP contribution in [0.2, 0.25) is 0 Å². The van der Waals surface area contributed by atoms with E-state index in [1.807, 2.05) is 0 Å². The summed E-state index contributed by atoms with van der Waals surface area (Å²) in [5, 5.41) is 28.3. The maximum Gasteiger partial charge on any atom is 0.114 e. The van der Waals surface area contributed by atoms with Gasteiger partial charge in [-0.15, -0.1) is 0 Å². The van der Waals surface area contributed by atoms with Crippen molar-refractivity contribution in [2.75, 3.05) is 19.8 Å². The number of unbranched alkanes of at least 4 members (excludes halogenated alkanes) is 3. The molecule has 5 nitrogen and oxygen atoms in total. The third-order valence-electron chi connectivity index (χ3n) is 3.46. The van der Waals surface area contributed by atoms with Crippen molar-refractivity contribution in [3.63, 3.8) is 0 Å². The average molecular weight is 288 g/mol. The highest BCUT2D eigenvalue weighted by atomic mass is 16.6. The molecule has 0 bridgehead atoms. The molecule has 0 aromatic heterocycles. The summed E-state index contributed by atoms with van der Waals surface area (Å²) in [7, 11) is 0. The van der Waals surface area contributed by atoms with Gasteiger partial charge >= 0.3 is 0 Å². The van der Waals surface area contributed by atoms with Crippen molar-refractivity contribution in [3.8, 4) is 0 Å². The summed E-state index contributed by atoms with van der Waals surface area (Å²) in [6.07, 6.45) is 6.76. The Morgan fingerprint density at radius 1 is 1.30 bits per heavy atom. The summed E-state index contributed by atoms with van der Waals surface area (Å²) in [5.41, 5.74) is 0. The van der Waals surface area contributed by atoms with Gasteiger partial charge in [0.2, 0.25) is 0 Å². The van der Waals surface area contributed by atoms with Gasteiger partial charge in [-0.1, -0.05) is 25.5 Å². The van der Waals surface area contributed by atoms with E-state index in [9.17, 15) is 10.2 Å². The predicted molar refractivity (Wildman–Crippen MR) is 76.5 cm³/mol. The lowest BCUT2D eigenvalue weighted by molar-refractivity contribution is -0.0937. The largest absolute Gasteiger partial charge is 0.394 e. The average Bonchev–Trinajstić information content (AvgIpc) is 2.82. The Labute approximate surface area is 121 Å². The second kappa shape index (κ2) is 10.3. The zero-order valence-electron chi connectivity index (χ0n) is 12.3. The molecule has 1 aliphatic rings. The molecule has 0 aliphatic carbocycles. The highest BCUT2D eigenvalue weighted by Crippen LogP contribution is 2.21. The lowest BCUT2D eigenvalue weighted by Gasteiger charge is -2.23. The Kier molecular flexibility index (Phi) is 9.05. The fraction of sp³-hybridized carbons (Fsp3) is 0.867. The second-order valence-electron chi connectivity index (χ2n) is 5.18. The Morgan fingerprint density at radius 2 is 2.10 bits per heavy atom. The predicted octanol–water partition coefficient (Wildman–Crippen LogP) is 1.01. The standard InChI is InChI=1S/C15H28O5/c1-2-3-4-5-6-7-8-9-19-15-13(18)11-20-14(15)12(17)10-16/h3-4,12-18H,2,5-11H2,1H3/b4-3+/t12-,13+,14+,15+/m0/s1. The smallest absolute Gasteiger partial charge is 0.114 e. The van der Waals surface area contributed by atoms with E-state index in [0.29, 0.717) is 6.61 Å². The number of hydrogen-bond donors (Lipinski definition) is 3. The molecule has 5 heteroatoms. The molecule has 1 rings (SSSR count). The van der Waals surface area contributed by atoms with E-state index in [0.717, 1.165) is 32.1 Å². The first-order chi connectivity index (χ1) is 9.70.